The molecule has 1 saturated heterocycles. The zero-order valence-electron chi connectivity index (χ0n) is 10.3. The summed E-state index contributed by atoms with van der Waals surface area (Å²) in [4.78, 5) is 2.37. The van der Waals surface area contributed by atoms with Gasteiger partial charge in [0.05, 0.1) is 6.10 Å². The average Bonchev–Trinajstić information content (AvgIpc) is 2.95. The molecule has 1 unspecified atom stereocenters. The highest BCUT2D eigenvalue weighted by molar-refractivity contribution is 4.74. The van der Waals surface area contributed by atoms with Crippen molar-refractivity contribution in [3.05, 3.63) is 0 Å². The maximum absolute atomic E-state index is 9.83. The van der Waals surface area contributed by atoms with Gasteiger partial charge in [0.2, 0.25) is 0 Å². The number of nitrogens with zero attached hydrogens (tertiary/aromatic N) is 1. The van der Waals surface area contributed by atoms with E-state index < -0.39 is 0 Å². The molecular formula is C13H26N2O. The van der Waals surface area contributed by atoms with Crippen LogP contribution >= 0.6 is 0 Å². The van der Waals surface area contributed by atoms with Crippen molar-refractivity contribution in [1.82, 2.24) is 10.2 Å². The lowest BCUT2D eigenvalue weighted by Gasteiger charge is -2.19. The third-order valence-electron chi connectivity index (χ3n) is 3.71. The summed E-state index contributed by atoms with van der Waals surface area (Å²) in [5.74, 6) is 1.04. The number of rotatable bonds is 8. The second-order valence-electron chi connectivity index (χ2n) is 5.45. The third-order valence-corrected chi connectivity index (χ3v) is 3.71. The quantitative estimate of drug-likeness (QED) is 0.611. The molecule has 0 radical (unpaired) electrons. The first-order valence-corrected chi connectivity index (χ1v) is 6.96. The van der Waals surface area contributed by atoms with E-state index in [2.05, 4.69) is 10.2 Å². The molecule has 1 aliphatic heterocycles. The zero-order chi connectivity index (χ0) is 11.2. The average molecular weight is 226 g/mol. The fourth-order valence-corrected chi connectivity index (χ4v) is 2.52. The molecule has 2 N–H and O–H groups in total. The SMILES string of the molecule is OC(CNCCCC1CC1)CN1CCCC1. The highest BCUT2D eigenvalue weighted by atomic mass is 16.3. The van der Waals surface area contributed by atoms with Gasteiger partial charge in [-0.05, 0) is 51.2 Å². The monoisotopic (exact) mass is 226 g/mol. The maximum Gasteiger partial charge on any atom is 0.0791 e. The minimum atomic E-state index is -0.181. The minimum Gasteiger partial charge on any atom is -0.390 e. The Balaban J connectivity index is 1.41. The van der Waals surface area contributed by atoms with Gasteiger partial charge >= 0.3 is 0 Å². The van der Waals surface area contributed by atoms with Crippen LogP contribution in [-0.2, 0) is 0 Å². The summed E-state index contributed by atoms with van der Waals surface area (Å²) in [6, 6.07) is 0. The van der Waals surface area contributed by atoms with Crippen LogP contribution in [0.5, 0.6) is 0 Å². The molecule has 0 aromatic heterocycles. The van der Waals surface area contributed by atoms with Crippen molar-refractivity contribution < 1.29 is 5.11 Å². The van der Waals surface area contributed by atoms with Crippen LogP contribution < -0.4 is 5.32 Å². The first-order chi connectivity index (χ1) is 7.84. The van der Waals surface area contributed by atoms with Crippen molar-refractivity contribution >= 4 is 0 Å². The molecule has 16 heavy (non-hydrogen) atoms. The molecular weight excluding hydrogens is 200 g/mol. The summed E-state index contributed by atoms with van der Waals surface area (Å²) in [6.45, 7) is 5.06. The van der Waals surface area contributed by atoms with E-state index in [1.54, 1.807) is 0 Å². The van der Waals surface area contributed by atoms with Crippen LogP contribution in [-0.4, -0.2) is 48.8 Å². The number of aliphatic hydroxyl groups excluding tert-OH is 1. The smallest absolute Gasteiger partial charge is 0.0791 e. The van der Waals surface area contributed by atoms with Gasteiger partial charge in [0.15, 0.2) is 0 Å². The third kappa shape index (κ3) is 4.81. The van der Waals surface area contributed by atoms with Crippen molar-refractivity contribution in [3.63, 3.8) is 0 Å². The van der Waals surface area contributed by atoms with Crippen LogP contribution in [0.4, 0.5) is 0 Å². The molecule has 1 aliphatic carbocycles. The van der Waals surface area contributed by atoms with Gasteiger partial charge in [-0.25, -0.2) is 0 Å². The number of hydrogen-bond acceptors (Lipinski definition) is 3. The summed E-state index contributed by atoms with van der Waals surface area (Å²) in [7, 11) is 0. The van der Waals surface area contributed by atoms with Crippen molar-refractivity contribution in [2.45, 2.75) is 44.6 Å². The lowest BCUT2D eigenvalue weighted by Crippen LogP contribution is -2.37. The standard InChI is InChI=1S/C13H26N2O/c16-13(11-15-8-1-2-9-15)10-14-7-3-4-12-5-6-12/h12-14,16H,1-11H2. The van der Waals surface area contributed by atoms with Crippen LogP contribution in [0.1, 0.15) is 38.5 Å². The highest BCUT2D eigenvalue weighted by Gasteiger charge is 2.20. The molecule has 0 aromatic carbocycles. The summed E-state index contributed by atoms with van der Waals surface area (Å²) in [5.41, 5.74) is 0. The van der Waals surface area contributed by atoms with Crippen molar-refractivity contribution in [3.8, 4) is 0 Å². The van der Waals surface area contributed by atoms with E-state index in [0.717, 1.165) is 25.6 Å². The molecule has 0 bridgehead atoms. The Labute approximate surface area is 99.2 Å². The Bertz CT molecular complexity index is 188. The number of nitrogens with one attached hydrogen (secondary N) is 1. The molecule has 94 valence electrons. The van der Waals surface area contributed by atoms with Gasteiger partial charge in [-0.3, -0.25) is 0 Å². The molecule has 0 amide bonds. The minimum absolute atomic E-state index is 0.181. The van der Waals surface area contributed by atoms with Crippen LogP contribution in [0.2, 0.25) is 0 Å². The molecule has 1 saturated carbocycles. The van der Waals surface area contributed by atoms with Gasteiger partial charge in [-0.1, -0.05) is 12.8 Å². The van der Waals surface area contributed by atoms with Crippen molar-refractivity contribution in [2.24, 2.45) is 5.92 Å². The molecule has 1 heterocycles. The predicted molar refractivity (Wildman–Crippen MR) is 66.5 cm³/mol. The van der Waals surface area contributed by atoms with E-state index in [-0.39, 0.29) is 6.10 Å². The Morgan fingerprint density at radius 2 is 2.00 bits per heavy atom. The van der Waals surface area contributed by atoms with E-state index in [4.69, 9.17) is 0 Å². The van der Waals surface area contributed by atoms with Crippen LogP contribution in [0, 0.1) is 5.92 Å². The van der Waals surface area contributed by atoms with Crippen LogP contribution in [0.25, 0.3) is 0 Å². The molecule has 1 atom stereocenters. The second kappa shape index (κ2) is 6.58. The molecule has 2 aliphatic rings. The van der Waals surface area contributed by atoms with Gasteiger partial charge in [0.1, 0.15) is 0 Å². The van der Waals surface area contributed by atoms with Crippen LogP contribution in [0.15, 0.2) is 0 Å². The fourth-order valence-electron chi connectivity index (χ4n) is 2.52. The lowest BCUT2D eigenvalue weighted by molar-refractivity contribution is 0.123. The summed E-state index contributed by atoms with van der Waals surface area (Å²) in [6.07, 6.45) is 8.01. The Morgan fingerprint density at radius 1 is 1.25 bits per heavy atom. The molecule has 3 heteroatoms. The first kappa shape index (κ1) is 12.3. The molecule has 2 rings (SSSR count). The summed E-state index contributed by atoms with van der Waals surface area (Å²) < 4.78 is 0. The number of hydrogen-bond donors (Lipinski definition) is 2. The highest BCUT2D eigenvalue weighted by Crippen LogP contribution is 2.33. The maximum atomic E-state index is 9.83. The molecule has 2 fully saturated rings. The molecule has 0 aromatic rings. The molecule has 0 spiro atoms. The van der Waals surface area contributed by atoms with E-state index >= 15 is 0 Å². The number of likely N-dealkylation sites (tertiary alicyclic amines) is 1. The lowest BCUT2D eigenvalue weighted by atomic mass is 10.2. The van der Waals surface area contributed by atoms with E-state index in [1.165, 1.54) is 51.6 Å². The van der Waals surface area contributed by atoms with Gasteiger partial charge in [0.25, 0.3) is 0 Å². The molecule has 3 nitrogen and oxygen atoms in total. The summed E-state index contributed by atoms with van der Waals surface area (Å²) in [5, 5.41) is 13.2. The van der Waals surface area contributed by atoms with Gasteiger partial charge in [0, 0.05) is 13.1 Å². The van der Waals surface area contributed by atoms with Gasteiger partial charge in [-0.15, -0.1) is 0 Å². The zero-order valence-corrected chi connectivity index (χ0v) is 10.3. The Morgan fingerprint density at radius 3 is 2.69 bits per heavy atom. The second-order valence-corrected chi connectivity index (χ2v) is 5.45. The Kier molecular flexibility index (Phi) is 5.07. The summed E-state index contributed by atoms with van der Waals surface area (Å²) >= 11 is 0. The first-order valence-electron chi connectivity index (χ1n) is 6.96. The van der Waals surface area contributed by atoms with E-state index in [1.807, 2.05) is 0 Å². The van der Waals surface area contributed by atoms with Crippen molar-refractivity contribution in [2.75, 3.05) is 32.7 Å². The van der Waals surface area contributed by atoms with Crippen molar-refractivity contribution in [1.29, 1.82) is 0 Å². The number of aliphatic hydroxyl groups is 1. The topological polar surface area (TPSA) is 35.5 Å². The van der Waals surface area contributed by atoms with Crippen LogP contribution in [0.3, 0.4) is 0 Å². The van der Waals surface area contributed by atoms with Gasteiger partial charge < -0.3 is 15.3 Å². The number of β-amino-alcohol motifs (C(OH)–C–C–N with tert-alkyl or cyclic N) is 1. The van der Waals surface area contributed by atoms with E-state index in [0.29, 0.717) is 0 Å². The Hall–Kier alpha value is -0.120. The predicted octanol–water partition coefficient (Wildman–Crippen LogP) is 1.22. The normalized spacial score (nSPS) is 23.8. The van der Waals surface area contributed by atoms with Gasteiger partial charge in [-0.2, -0.15) is 0 Å². The van der Waals surface area contributed by atoms with E-state index in [9.17, 15) is 5.11 Å². The largest absolute Gasteiger partial charge is 0.390 e. The fraction of sp³-hybridized carbons (Fsp3) is 1.00.